The second-order valence-electron chi connectivity index (χ2n) is 4.56. The number of carbonyl (C=O) groups excluding carboxylic acids is 2. The molecule has 8 heteroatoms. The molecule has 108 valence electrons. The first-order valence-corrected chi connectivity index (χ1v) is 6.67. The highest BCUT2D eigenvalue weighted by atomic mass is 35.5. The van der Waals surface area contributed by atoms with Gasteiger partial charge in [-0.25, -0.2) is 9.37 Å². The van der Waals surface area contributed by atoms with E-state index in [4.69, 9.17) is 23.2 Å². The number of amides is 1. The van der Waals surface area contributed by atoms with Crippen molar-refractivity contribution in [2.45, 2.75) is 6.54 Å². The van der Waals surface area contributed by atoms with Gasteiger partial charge in [-0.15, -0.1) is 0 Å². The van der Waals surface area contributed by atoms with Crippen LogP contribution in [0.3, 0.4) is 0 Å². The summed E-state index contributed by atoms with van der Waals surface area (Å²) in [7, 11) is 1.68. The molecule has 1 aromatic carbocycles. The normalized spacial score (nSPS) is 14.0. The van der Waals surface area contributed by atoms with Crippen molar-refractivity contribution in [3.05, 3.63) is 45.7 Å². The van der Waals surface area contributed by atoms with E-state index in [0.29, 0.717) is 11.0 Å². The fraction of sp³-hybridized carbons (Fsp3) is 0.154. The number of ketones is 1. The Morgan fingerprint density at radius 2 is 2.00 bits per heavy atom. The van der Waals surface area contributed by atoms with Crippen LogP contribution in [0.2, 0.25) is 10.2 Å². The standard InChI is InChI=1S/C13H8Cl2FN3O2/c1-18-10(15)4-17-11(18)5-19-9-3-8(16)7(14)2-6(9)12(20)13(19)21/h2-4H,5H2,1H3. The maximum absolute atomic E-state index is 13.6. The van der Waals surface area contributed by atoms with Gasteiger partial charge < -0.3 is 4.57 Å². The zero-order chi connectivity index (χ0) is 15.3. The molecule has 0 atom stereocenters. The molecule has 1 aliphatic rings. The van der Waals surface area contributed by atoms with Crippen LogP contribution in [0.25, 0.3) is 0 Å². The summed E-state index contributed by atoms with van der Waals surface area (Å²) in [5.41, 5.74) is 0.276. The smallest absolute Gasteiger partial charge is 0.299 e. The first-order chi connectivity index (χ1) is 9.90. The summed E-state index contributed by atoms with van der Waals surface area (Å²) < 4.78 is 15.2. The summed E-state index contributed by atoms with van der Waals surface area (Å²) in [6, 6.07) is 2.24. The van der Waals surface area contributed by atoms with E-state index in [1.54, 1.807) is 11.6 Å². The van der Waals surface area contributed by atoms with E-state index in [1.807, 2.05) is 0 Å². The van der Waals surface area contributed by atoms with Crippen molar-refractivity contribution in [3.8, 4) is 0 Å². The third kappa shape index (κ3) is 2.11. The lowest BCUT2D eigenvalue weighted by Gasteiger charge is -2.16. The lowest BCUT2D eigenvalue weighted by Crippen LogP contribution is -2.30. The number of imidazole rings is 1. The predicted octanol–water partition coefficient (Wildman–Crippen LogP) is 2.60. The molecule has 2 heterocycles. The van der Waals surface area contributed by atoms with Crippen LogP contribution in [-0.4, -0.2) is 21.2 Å². The maximum atomic E-state index is 13.6. The van der Waals surface area contributed by atoms with Gasteiger partial charge in [0.15, 0.2) is 0 Å². The summed E-state index contributed by atoms with van der Waals surface area (Å²) in [4.78, 5) is 29.2. The van der Waals surface area contributed by atoms with Crippen molar-refractivity contribution < 1.29 is 14.0 Å². The Hall–Kier alpha value is -1.92. The molecule has 0 N–H and O–H groups in total. The molecule has 21 heavy (non-hydrogen) atoms. The first-order valence-electron chi connectivity index (χ1n) is 5.91. The third-order valence-corrected chi connectivity index (χ3v) is 3.98. The monoisotopic (exact) mass is 327 g/mol. The molecule has 1 aliphatic heterocycles. The molecule has 0 unspecified atom stereocenters. The summed E-state index contributed by atoms with van der Waals surface area (Å²) in [5.74, 6) is -1.68. The summed E-state index contributed by atoms with van der Waals surface area (Å²) >= 11 is 11.5. The molecule has 0 spiro atoms. The van der Waals surface area contributed by atoms with E-state index in [0.717, 1.165) is 17.0 Å². The van der Waals surface area contributed by atoms with Crippen molar-refractivity contribution in [1.29, 1.82) is 0 Å². The predicted molar refractivity (Wildman–Crippen MR) is 75.1 cm³/mol. The lowest BCUT2D eigenvalue weighted by atomic mass is 10.1. The molecule has 2 aromatic rings. The molecule has 0 saturated carbocycles. The van der Waals surface area contributed by atoms with Crippen LogP contribution in [0.1, 0.15) is 16.2 Å². The Morgan fingerprint density at radius 1 is 1.29 bits per heavy atom. The number of halogens is 3. The molecule has 3 rings (SSSR count). The Kier molecular flexibility index (Phi) is 3.22. The minimum Gasteiger partial charge on any atom is -0.321 e. The molecule has 1 aromatic heterocycles. The van der Waals surface area contributed by atoms with Gasteiger partial charge >= 0.3 is 0 Å². The fourth-order valence-electron chi connectivity index (χ4n) is 2.16. The molecule has 0 bridgehead atoms. The number of hydrogen-bond donors (Lipinski definition) is 0. The Labute approximate surface area is 128 Å². The highest BCUT2D eigenvalue weighted by molar-refractivity contribution is 6.52. The number of nitrogens with zero attached hydrogens (tertiary/aromatic N) is 3. The third-order valence-electron chi connectivity index (χ3n) is 3.34. The van der Waals surface area contributed by atoms with E-state index in [-0.39, 0.29) is 22.8 Å². The van der Waals surface area contributed by atoms with Crippen molar-refractivity contribution in [2.24, 2.45) is 7.05 Å². The van der Waals surface area contributed by atoms with Crippen LogP contribution in [0, 0.1) is 5.82 Å². The van der Waals surface area contributed by atoms with Crippen LogP contribution in [-0.2, 0) is 18.4 Å². The zero-order valence-electron chi connectivity index (χ0n) is 10.7. The van der Waals surface area contributed by atoms with Gasteiger partial charge in [-0.3, -0.25) is 14.5 Å². The molecular weight excluding hydrogens is 320 g/mol. The van der Waals surface area contributed by atoms with Crippen LogP contribution in [0.15, 0.2) is 18.3 Å². The van der Waals surface area contributed by atoms with Crippen LogP contribution >= 0.6 is 23.2 Å². The molecule has 1 amide bonds. The lowest BCUT2D eigenvalue weighted by molar-refractivity contribution is -0.114. The fourth-order valence-corrected chi connectivity index (χ4v) is 2.47. The number of fused-ring (bicyclic) bond motifs is 1. The Bertz CT molecular complexity index is 788. The van der Waals surface area contributed by atoms with Gasteiger partial charge in [-0.05, 0) is 12.1 Å². The number of benzene rings is 1. The quantitative estimate of drug-likeness (QED) is 0.796. The van der Waals surface area contributed by atoms with E-state index < -0.39 is 17.5 Å². The largest absolute Gasteiger partial charge is 0.321 e. The molecule has 0 fully saturated rings. The van der Waals surface area contributed by atoms with Gasteiger partial charge in [-0.1, -0.05) is 23.2 Å². The molecular formula is C13H8Cl2FN3O2. The van der Waals surface area contributed by atoms with Crippen molar-refractivity contribution in [3.63, 3.8) is 0 Å². The number of aromatic nitrogens is 2. The van der Waals surface area contributed by atoms with E-state index in [1.165, 1.54) is 6.20 Å². The maximum Gasteiger partial charge on any atom is 0.299 e. The van der Waals surface area contributed by atoms with Gasteiger partial charge in [0, 0.05) is 7.05 Å². The number of anilines is 1. The van der Waals surface area contributed by atoms with E-state index in [2.05, 4.69) is 4.98 Å². The van der Waals surface area contributed by atoms with Gasteiger partial charge in [-0.2, -0.15) is 0 Å². The minimum absolute atomic E-state index is 0.0157. The summed E-state index contributed by atoms with van der Waals surface area (Å²) in [6.07, 6.45) is 1.43. The van der Waals surface area contributed by atoms with Gasteiger partial charge in [0.1, 0.15) is 16.8 Å². The van der Waals surface area contributed by atoms with Crippen molar-refractivity contribution in [1.82, 2.24) is 9.55 Å². The van der Waals surface area contributed by atoms with E-state index >= 15 is 0 Å². The van der Waals surface area contributed by atoms with Gasteiger partial charge in [0.05, 0.1) is 29.0 Å². The second kappa shape index (κ2) is 4.82. The highest BCUT2D eigenvalue weighted by Crippen LogP contribution is 2.34. The molecule has 0 radical (unpaired) electrons. The molecule has 5 nitrogen and oxygen atoms in total. The van der Waals surface area contributed by atoms with Crippen LogP contribution < -0.4 is 4.90 Å². The van der Waals surface area contributed by atoms with Gasteiger partial charge in [0.25, 0.3) is 11.7 Å². The Morgan fingerprint density at radius 3 is 2.62 bits per heavy atom. The Balaban J connectivity index is 2.05. The number of rotatable bonds is 2. The first kappa shape index (κ1) is 14.0. The number of carbonyl (C=O) groups is 2. The SMILES string of the molecule is Cn1c(Cl)cnc1CN1C(=O)C(=O)c2cc(Cl)c(F)cc21. The van der Waals surface area contributed by atoms with Crippen molar-refractivity contribution in [2.75, 3.05) is 4.90 Å². The topological polar surface area (TPSA) is 55.2 Å². The van der Waals surface area contributed by atoms with Crippen LogP contribution in [0.5, 0.6) is 0 Å². The molecule has 0 saturated heterocycles. The average Bonchev–Trinajstić information content (AvgIpc) is 2.87. The van der Waals surface area contributed by atoms with Crippen LogP contribution in [0.4, 0.5) is 10.1 Å². The summed E-state index contributed by atoms with van der Waals surface area (Å²) in [6.45, 7) is 0.0157. The average molecular weight is 328 g/mol. The number of Topliss-reactive ketones (excluding diaryl/α,β-unsaturated/α-hetero) is 1. The second-order valence-corrected chi connectivity index (χ2v) is 5.35. The minimum atomic E-state index is -0.745. The van der Waals surface area contributed by atoms with E-state index in [9.17, 15) is 14.0 Å². The van der Waals surface area contributed by atoms with Gasteiger partial charge in [0.2, 0.25) is 0 Å². The highest BCUT2D eigenvalue weighted by Gasteiger charge is 2.37. The molecule has 0 aliphatic carbocycles. The number of hydrogen-bond acceptors (Lipinski definition) is 3. The van der Waals surface area contributed by atoms with Crippen molar-refractivity contribution >= 4 is 40.6 Å². The zero-order valence-corrected chi connectivity index (χ0v) is 12.2. The summed E-state index contributed by atoms with van der Waals surface area (Å²) in [5, 5.41) is 0.197.